The molecule has 1 aromatic rings. The van der Waals surface area contributed by atoms with Gasteiger partial charge in [0.1, 0.15) is 11.9 Å². The molecule has 5 heteroatoms. The number of hydrogen-bond acceptors (Lipinski definition) is 5. The van der Waals surface area contributed by atoms with Crippen LogP contribution in [-0.2, 0) is 4.74 Å². The minimum absolute atomic E-state index is 0.270. The predicted octanol–water partition coefficient (Wildman–Crippen LogP) is 0.963. The number of aromatic nitrogens is 2. The maximum atomic E-state index is 8.63. The summed E-state index contributed by atoms with van der Waals surface area (Å²) in [5, 5.41) is 8.63. The Balaban J connectivity index is 2.08. The lowest BCUT2D eigenvalue weighted by molar-refractivity contribution is 0.0891. The number of hydrogen-bond donors (Lipinski definition) is 0. The van der Waals surface area contributed by atoms with Gasteiger partial charge >= 0.3 is 0 Å². The second-order valence-corrected chi connectivity index (χ2v) is 3.82. The zero-order chi connectivity index (χ0) is 11.4. The monoisotopic (exact) mass is 218 g/mol. The van der Waals surface area contributed by atoms with Crippen LogP contribution in [0.2, 0.25) is 0 Å². The molecule has 0 aliphatic carbocycles. The first kappa shape index (κ1) is 10.8. The van der Waals surface area contributed by atoms with Gasteiger partial charge in [0.05, 0.1) is 18.5 Å². The maximum Gasteiger partial charge on any atom is 0.158 e. The Hall–Kier alpha value is -1.67. The number of piperidine rings is 1. The molecule has 0 saturated carbocycles. The van der Waals surface area contributed by atoms with E-state index in [1.54, 1.807) is 13.3 Å². The molecule has 16 heavy (non-hydrogen) atoms. The van der Waals surface area contributed by atoms with E-state index in [0.29, 0.717) is 5.69 Å². The van der Waals surface area contributed by atoms with Gasteiger partial charge in [0.25, 0.3) is 0 Å². The molecule has 1 unspecified atom stereocenters. The number of nitrogens with zero attached hydrogens (tertiary/aromatic N) is 4. The summed E-state index contributed by atoms with van der Waals surface area (Å²) in [6.45, 7) is 1.82. The van der Waals surface area contributed by atoms with E-state index >= 15 is 0 Å². The van der Waals surface area contributed by atoms with Gasteiger partial charge in [-0.25, -0.2) is 9.97 Å². The summed E-state index contributed by atoms with van der Waals surface area (Å²) in [7, 11) is 1.73. The normalized spacial score (nSPS) is 20.5. The predicted molar refractivity (Wildman–Crippen MR) is 59.0 cm³/mol. The van der Waals surface area contributed by atoms with Gasteiger partial charge in [0.15, 0.2) is 5.69 Å². The highest BCUT2D eigenvalue weighted by Crippen LogP contribution is 2.18. The summed E-state index contributed by atoms with van der Waals surface area (Å²) < 4.78 is 5.35. The van der Waals surface area contributed by atoms with E-state index in [0.717, 1.165) is 31.7 Å². The molecule has 0 spiro atoms. The molecule has 5 nitrogen and oxygen atoms in total. The minimum Gasteiger partial charge on any atom is -0.380 e. The van der Waals surface area contributed by atoms with Gasteiger partial charge in [-0.05, 0) is 12.8 Å². The van der Waals surface area contributed by atoms with Crippen molar-refractivity contribution >= 4 is 5.82 Å². The molecule has 0 N–H and O–H groups in total. The van der Waals surface area contributed by atoms with Gasteiger partial charge in [-0.15, -0.1) is 0 Å². The van der Waals surface area contributed by atoms with Crippen LogP contribution in [0.25, 0.3) is 0 Å². The van der Waals surface area contributed by atoms with E-state index in [1.165, 1.54) is 6.20 Å². The second-order valence-electron chi connectivity index (χ2n) is 3.82. The molecule has 1 saturated heterocycles. The Kier molecular flexibility index (Phi) is 3.32. The Morgan fingerprint density at radius 2 is 2.38 bits per heavy atom. The third kappa shape index (κ3) is 2.28. The largest absolute Gasteiger partial charge is 0.380 e. The number of anilines is 1. The lowest BCUT2D eigenvalue weighted by atomic mass is 10.1. The Labute approximate surface area is 94.7 Å². The molecule has 84 valence electrons. The second kappa shape index (κ2) is 4.90. The molecule has 1 aliphatic heterocycles. The van der Waals surface area contributed by atoms with E-state index in [4.69, 9.17) is 10.00 Å². The van der Waals surface area contributed by atoms with Gasteiger partial charge in [0, 0.05) is 20.2 Å². The van der Waals surface area contributed by atoms with Gasteiger partial charge in [0.2, 0.25) is 0 Å². The van der Waals surface area contributed by atoms with Crippen molar-refractivity contribution < 1.29 is 4.74 Å². The van der Waals surface area contributed by atoms with Crippen LogP contribution in [0.4, 0.5) is 5.82 Å². The molecule has 1 aliphatic rings. The summed E-state index contributed by atoms with van der Waals surface area (Å²) in [5.74, 6) is 0.820. The van der Waals surface area contributed by atoms with Gasteiger partial charge in [-0.1, -0.05) is 0 Å². The lowest BCUT2D eigenvalue weighted by Gasteiger charge is -2.32. The topological polar surface area (TPSA) is 62.0 Å². The number of rotatable bonds is 2. The smallest absolute Gasteiger partial charge is 0.158 e. The highest BCUT2D eigenvalue weighted by Gasteiger charge is 2.20. The van der Waals surface area contributed by atoms with E-state index in [-0.39, 0.29) is 6.10 Å². The van der Waals surface area contributed by atoms with Crippen LogP contribution >= 0.6 is 0 Å². The van der Waals surface area contributed by atoms with E-state index in [2.05, 4.69) is 14.9 Å². The standard InChI is InChI=1S/C11H14N4O/c1-16-10-3-2-4-15(8-10)11-7-13-9(5-12)6-14-11/h6-7,10H,2-4,8H2,1H3. The molecule has 0 bridgehead atoms. The van der Waals surface area contributed by atoms with Crippen LogP contribution in [0.15, 0.2) is 12.4 Å². The summed E-state index contributed by atoms with van der Waals surface area (Å²) in [6, 6.07) is 1.96. The van der Waals surface area contributed by atoms with Gasteiger partial charge in [-0.2, -0.15) is 5.26 Å². The first-order chi connectivity index (χ1) is 7.83. The van der Waals surface area contributed by atoms with Gasteiger partial charge < -0.3 is 9.64 Å². The Morgan fingerprint density at radius 1 is 1.50 bits per heavy atom. The van der Waals surface area contributed by atoms with Crippen LogP contribution in [0.1, 0.15) is 18.5 Å². The first-order valence-corrected chi connectivity index (χ1v) is 5.33. The minimum atomic E-state index is 0.270. The van der Waals surface area contributed by atoms with E-state index in [1.807, 2.05) is 6.07 Å². The highest BCUT2D eigenvalue weighted by atomic mass is 16.5. The number of nitriles is 1. The third-order valence-electron chi connectivity index (χ3n) is 2.79. The molecule has 2 rings (SSSR count). The fourth-order valence-corrected chi connectivity index (χ4v) is 1.88. The Morgan fingerprint density at radius 3 is 3.00 bits per heavy atom. The highest BCUT2D eigenvalue weighted by molar-refractivity contribution is 5.37. The fraction of sp³-hybridized carbons (Fsp3) is 0.545. The summed E-state index contributed by atoms with van der Waals surface area (Å²) in [5.41, 5.74) is 0.351. The Bertz CT molecular complexity index is 384. The third-order valence-corrected chi connectivity index (χ3v) is 2.79. The maximum absolute atomic E-state index is 8.63. The first-order valence-electron chi connectivity index (χ1n) is 5.33. The average molecular weight is 218 g/mol. The van der Waals surface area contributed by atoms with Crippen molar-refractivity contribution in [1.82, 2.24) is 9.97 Å². The average Bonchev–Trinajstić information content (AvgIpc) is 2.39. The molecule has 1 aromatic heterocycles. The van der Waals surface area contributed by atoms with Crippen molar-refractivity contribution in [2.45, 2.75) is 18.9 Å². The fourth-order valence-electron chi connectivity index (χ4n) is 1.88. The quantitative estimate of drug-likeness (QED) is 0.740. The molecular formula is C11H14N4O. The van der Waals surface area contributed by atoms with Gasteiger partial charge in [-0.3, -0.25) is 0 Å². The van der Waals surface area contributed by atoms with Crippen LogP contribution < -0.4 is 4.90 Å². The summed E-state index contributed by atoms with van der Waals surface area (Å²) in [4.78, 5) is 10.4. The zero-order valence-electron chi connectivity index (χ0n) is 9.26. The molecule has 0 aromatic carbocycles. The molecule has 2 heterocycles. The molecule has 0 radical (unpaired) electrons. The van der Waals surface area contributed by atoms with E-state index in [9.17, 15) is 0 Å². The van der Waals surface area contributed by atoms with Crippen molar-refractivity contribution in [3.63, 3.8) is 0 Å². The molecule has 1 atom stereocenters. The number of ether oxygens (including phenoxy) is 1. The van der Waals surface area contributed by atoms with Crippen LogP contribution in [0.3, 0.4) is 0 Å². The van der Waals surface area contributed by atoms with Crippen LogP contribution in [-0.4, -0.2) is 36.3 Å². The summed E-state index contributed by atoms with van der Waals surface area (Å²) >= 11 is 0. The molecule has 1 fully saturated rings. The molecule has 0 amide bonds. The van der Waals surface area contributed by atoms with Crippen molar-refractivity contribution in [1.29, 1.82) is 5.26 Å². The van der Waals surface area contributed by atoms with Crippen LogP contribution in [0, 0.1) is 11.3 Å². The zero-order valence-corrected chi connectivity index (χ0v) is 9.26. The lowest BCUT2D eigenvalue weighted by Crippen LogP contribution is -2.39. The van der Waals surface area contributed by atoms with Crippen molar-refractivity contribution in [3.8, 4) is 6.07 Å². The summed E-state index contributed by atoms with van der Waals surface area (Å²) in [6.07, 6.45) is 5.62. The number of methoxy groups -OCH3 is 1. The van der Waals surface area contributed by atoms with Crippen molar-refractivity contribution in [2.75, 3.05) is 25.1 Å². The van der Waals surface area contributed by atoms with Crippen molar-refractivity contribution in [2.24, 2.45) is 0 Å². The SMILES string of the molecule is COC1CCCN(c2cnc(C#N)cn2)C1. The van der Waals surface area contributed by atoms with Crippen molar-refractivity contribution in [3.05, 3.63) is 18.1 Å². The van der Waals surface area contributed by atoms with E-state index < -0.39 is 0 Å². The molecular weight excluding hydrogens is 204 g/mol. The van der Waals surface area contributed by atoms with Crippen LogP contribution in [0.5, 0.6) is 0 Å².